The minimum absolute atomic E-state index is 0.00205. The molecule has 0 saturated carbocycles. The number of ether oxygens (including phenoxy) is 1. The summed E-state index contributed by atoms with van der Waals surface area (Å²) >= 11 is 0. The number of carbonyl (C=O) groups excluding carboxylic acids is 2. The summed E-state index contributed by atoms with van der Waals surface area (Å²) in [6, 6.07) is 7.32. The van der Waals surface area contributed by atoms with E-state index in [1.807, 2.05) is 26.8 Å². The number of alkyl halides is 3. The Hall–Kier alpha value is -3.67. The molecule has 0 fully saturated rings. The van der Waals surface area contributed by atoms with Crippen LogP contribution >= 0.6 is 0 Å². The lowest BCUT2D eigenvalue weighted by molar-refractivity contribution is -0.153. The van der Waals surface area contributed by atoms with Crippen LogP contribution in [-0.2, 0) is 11.2 Å². The van der Waals surface area contributed by atoms with Crippen LogP contribution in [0.5, 0.6) is 5.75 Å². The smallest absolute Gasteiger partial charge is 0.422 e. The summed E-state index contributed by atoms with van der Waals surface area (Å²) in [6.45, 7) is 7.96. The van der Waals surface area contributed by atoms with E-state index in [4.69, 9.17) is 10.8 Å². The van der Waals surface area contributed by atoms with Gasteiger partial charge in [-0.1, -0.05) is 26.8 Å². The van der Waals surface area contributed by atoms with Crippen molar-refractivity contribution < 1.29 is 32.6 Å². The van der Waals surface area contributed by atoms with Gasteiger partial charge < -0.3 is 20.9 Å². The van der Waals surface area contributed by atoms with Gasteiger partial charge in [0, 0.05) is 18.8 Å². The van der Waals surface area contributed by atoms with Gasteiger partial charge in [0.15, 0.2) is 12.6 Å². The molecule has 9 nitrogen and oxygen atoms in total. The molecule has 12 heteroatoms. The standard InChI is InChI=1S/C21H22F3N5O3.C3H8O.C2H6/c1-3-12-4-5-13(8-15(12)17-9-18(30)29(2)20(25)28-17)27-19(31)16-7-6-14(10-26-16)32-11-21(22,23)24;1-3(2)4;1-2/h4-8,10,17H,3,9,11H2,1-2H3,(H2,25,28)(H,27,31);3-4H,1-2H3;1-2H3. The highest BCUT2D eigenvalue weighted by atomic mass is 19.4. The van der Waals surface area contributed by atoms with Gasteiger partial charge in [0.2, 0.25) is 5.91 Å². The van der Waals surface area contributed by atoms with E-state index in [0.717, 1.165) is 17.3 Å². The fourth-order valence-electron chi connectivity index (χ4n) is 3.17. The summed E-state index contributed by atoms with van der Waals surface area (Å²) in [5.41, 5.74) is 8.05. The molecule has 1 atom stereocenters. The molecule has 0 radical (unpaired) electrons. The molecule has 1 aliphatic heterocycles. The summed E-state index contributed by atoms with van der Waals surface area (Å²) < 4.78 is 41.3. The van der Waals surface area contributed by atoms with Crippen molar-refractivity contribution >= 4 is 23.5 Å². The number of pyridine rings is 1. The van der Waals surface area contributed by atoms with E-state index in [1.165, 1.54) is 17.0 Å². The maximum atomic E-state index is 12.5. The van der Waals surface area contributed by atoms with Crippen LogP contribution in [-0.4, -0.2) is 58.7 Å². The predicted molar refractivity (Wildman–Crippen MR) is 140 cm³/mol. The van der Waals surface area contributed by atoms with Gasteiger partial charge in [-0.2, -0.15) is 13.2 Å². The molecule has 4 N–H and O–H groups in total. The maximum absolute atomic E-state index is 12.5. The van der Waals surface area contributed by atoms with Gasteiger partial charge >= 0.3 is 6.18 Å². The number of aliphatic hydroxyl groups excluding tert-OH is 1. The molecular formula is C26H36F3N5O4. The van der Waals surface area contributed by atoms with Gasteiger partial charge in [0.05, 0.1) is 18.7 Å². The zero-order valence-electron chi connectivity index (χ0n) is 22.5. The number of anilines is 1. The molecule has 0 spiro atoms. The third-order valence-corrected chi connectivity index (χ3v) is 4.89. The Morgan fingerprint density at radius 1 is 1.26 bits per heavy atom. The van der Waals surface area contributed by atoms with Crippen molar-refractivity contribution in [3.05, 3.63) is 53.3 Å². The second-order valence-electron chi connectivity index (χ2n) is 8.26. The van der Waals surface area contributed by atoms with Crippen molar-refractivity contribution in [1.82, 2.24) is 9.88 Å². The van der Waals surface area contributed by atoms with Crippen LogP contribution < -0.4 is 15.8 Å². The van der Waals surface area contributed by atoms with E-state index in [-0.39, 0.29) is 35.8 Å². The van der Waals surface area contributed by atoms with Gasteiger partial charge in [-0.25, -0.2) is 9.98 Å². The summed E-state index contributed by atoms with van der Waals surface area (Å²) in [4.78, 5) is 34.3. The highest BCUT2D eigenvalue weighted by Gasteiger charge is 2.29. The normalized spacial score (nSPS) is 15.0. The molecule has 0 saturated heterocycles. The zero-order chi connectivity index (χ0) is 29.0. The van der Waals surface area contributed by atoms with Gasteiger partial charge in [-0.3, -0.25) is 14.5 Å². The van der Waals surface area contributed by atoms with Crippen LogP contribution in [0.4, 0.5) is 18.9 Å². The third-order valence-electron chi connectivity index (χ3n) is 4.89. The quantitative estimate of drug-likeness (QED) is 0.497. The number of nitrogens with zero attached hydrogens (tertiary/aromatic N) is 3. The van der Waals surface area contributed by atoms with Gasteiger partial charge in [0.25, 0.3) is 5.91 Å². The van der Waals surface area contributed by atoms with Crippen molar-refractivity contribution in [1.29, 1.82) is 0 Å². The number of aryl methyl sites for hydroxylation is 1. The van der Waals surface area contributed by atoms with Crippen molar-refractivity contribution in [2.45, 2.75) is 65.8 Å². The fourth-order valence-corrected chi connectivity index (χ4v) is 3.17. The Balaban J connectivity index is 0.00000110. The van der Waals surface area contributed by atoms with Crippen LogP contribution in [0, 0.1) is 0 Å². The van der Waals surface area contributed by atoms with Gasteiger partial charge in [0.1, 0.15) is 11.4 Å². The first kappa shape index (κ1) is 32.4. The molecule has 0 aliphatic carbocycles. The van der Waals surface area contributed by atoms with Gasteiger partial charge in [-0.15, -0.1) is 0 Å². The number of nitrogens with two attached hydrogens (primary N) is 1. The number of aliphatic imine (C=N–C) groups is 1. The first-order chi connectivity index (χ1) is 17.8. The molecule has 2 heterocycles. The summed E-state index contributed by atoms with van der Waals surface area (Å²) in [7, 11) is 1.56. The van der Waals surface area contributed by atoms with Crippen LogP contribution in [0.2, 0.25) is 0 Å². The minimum Gasteiger partial charge on any atom is -0.483 e. The average Bonchev–Trinajstić information content (AvgIpc) is 2.86. The first-order valence-electron chi connectivity index (χ1n) is 12.2. The number of aliphatic hydroxyl groups is 1. The third kappa shape index (κ3) is 10.4. The Morgan fingerprint density at radius 2 is 1.89 bits per heavy atom. The van der Waals surface area contributed by atoms with E-state index in [2.05, 4.69) is 20.0 Å². The van der Waals surface area contributed by atoms with E-state index >= 15 is 0 Å². The Morgan fingerprint density at radius 3 is 2.39 bits per heavy atom. The highest BCUT2D eigenvalue weighted by molar-refractivity contribution is 6.03. The summed E-state index contributed by atoms with van der Waals surface area (Å²) in [5, 5.41) is 10.8. The number of carbonyl (C=O) groups is 2. The minimum atomic E-state index is -4.47. The van der Waals surface area contributed by atoms with Crippen LogP contribution in [0.25, 0.3) is 0 Å². The number of amides is 2. The average molecular weight is 540 g/mol. The maximum Gasteiger partial charge on any atom is 0.422 e. The second kappa shape index (κ2) is 14.9. The number of hydrogen-bond donors (Lipinski definition) is 3. The van der Waals surface area contributed by atoms with Crippen molar-refractivity contribution in [3.8, 4) is 5.75 Å². The van der Waals surface area contributed by atoms with Crippen molar-refractivity contribution in [3.63, 3.8) is 0 Å². The van der Waals surface area contributed by atoms with Crippen molar-refractivity contribution in [2.75, 3.05) is 19.0 Å². The number of rotatable bonds is 6. The number of benzene rings is 1. The number of hydrogen-bond acceptors (Lipinski definition) is 7. The Labute approximate surface area is 220 Å². The molecular weight excluding hydrogens is 503 g/mol. The lowest BCUT2D eigenvalue weighted by atomic mass is 9.95. The van der Waals surface area contributed by atoms with Crippen LogP contribution in [0.1, 0.15) is 68.7 Å². The van der Waals surface area contributed by atoms with Crippen LogP contribution in [0.15, 0.2) is 41.5 Å². The summed E-state index contributed by atoms with van der Waals surface area (Å²) in [5.74, 6) is -0.684. The molecule has 2 amide bonds. The van der Waals surface area contributed by atoms with Crippen molar-refractivity contribution in [2.24, 2.45) is 10.7 Å². The molecule has 0 bridgehead atoms. The number of halogens is 3. The lowest BCUT2D eigenvalue weighted by Crippen LogP contribution is -2.42. The monoisotopic (exact) mass is 539 g/mol. The fraction of sp³-hybridized carbons (Fsp3) is 0.462. The van der Waals surface area contributed by atoms with Gasteiger partial charge in [-0.05, 0) is 55.7 Å². The summed E-state index contributed by atoms with van der Waals surface area (Å²) in [6.07, 6.45) is -2.73. The first-order valence-corrected chi connectivity index (χ1v) is 12.2. The van der Waals surface area contributed by atoms with Crippen LogP contribution in [0.3, 0.4) is 0 Å². The van der Waals surface area contributed by atoms with E-state index in [1.54, 1.807) is 33.0 Å². The molecule has 1 aliphatic rings. The lowest BCUT2D eigenvalue weighted by Gasteiger charge is -2.27. The molecule has 2 aromatic rings. The number of guanidine groups is 1. The number of nitrogens with one attached hydrogen (secondary N) is 1. The molecule has 3 rings (SSSR count). The molecule has 1 aromatic carbocycles. The SMILES string of the molecule is CC.CC(C)O.CCc1ccc(NC(=O)c2ccc(OCC(F)(F)F)cn2)cc1C1CC(=O)N(C)C(N)=N1. The predicted octanol–water partition coefficient (Wildman–Crippen LogP) is 4.47. The Kier molecular flexibility index (Phi) is 12.7. The molecule has 1 aromatic heterocycles. The largest absolute Gasteiger partial charge is 0.483 e. The second-order valence-corrected chi connectivity index (χ2v) is 8.26. The molecule has 38 heavy (non-hydrogen) atoms. The topological polar surface area (TPSA) is 130 Å². The molecule has 1 unspecified atom stereocenters. The Bertz CT molecular complexity index is 1090. The van der Waals surface area contributed by atoms with E-state index < -0.39 is 24.7 Å². The zero-order valence-corrected chi connectivity index (χ0v) is 22.5. The number of aromatic nitrogens is 1. The molecule has 210 valence electrons. The van der Waals surface area contributed by atoms with E-state index in [9.17, 15) is 22.8 Å². The van der Waals surface area contributed by atoms with E-state index in [0.29, 0.717) is 12.1 Å². The highest BCUT2D eigenvalue weighted by Crippen LogP contribution is 2.31.